The second-order valence-corrected chi connectivity index (χ2v) is 3.69. The van der Waals surface area contributed by atoms with Crippen LogP contribution in [0.15, 0.2) is 24.8 Å². The van der Waals surface area contributed by atoms with Crippen LogP contribution in [0.1, 0.15) is 88.6 Å². The minimum atomic E-state index is -0.0411. The van der Waals surface area contributed by atoms with Crippen molar-refractivity contribution in [2.75, 3.05) is 0 Å². The number of Topliss-reactive ketones (excluding diaryl/α,β-unsaturated/α-hetero) is 2. The lowest BCUT2D eigenvalue weighted by Gasteiger charge is -2.05. The highest BCUT2D eigenvalue weighted by atomic mass is 16.1. The third-order valence-electron chi connectivity index (χ3n) is 2.24. The molecule has 120 valence electrons. The Labute approximate surface area is 131 Å². The van der Waals surface area contributed by atoms with Crippen molar-refractivity contribution >= 4 is 17.1 Å². The molecule has 0 aliphatic carbocycles. The quantitative estimate of drug-likeness (QED) is 0.621. The molecular formula is C19H32O2. The topological polar surface area (TPSA) is 34.1 Å². The molecule has 21 heavy (non-hydrogen) atoms. The first kappa shape index (κ1) is 24.3. The van der Waals surface area contributed by atoms with Gasteiger partial charge in [0, 0.05) is 11.1 Å². The van der Waals surface area contributed by atoms with Crippen LogP contribution in [0.25, 0.3) is 5.57 Å². The van der Waals surface area contributed by atoms with Gasteiger partial charge in [0.25, 0.3) is 0 Å². The van der Waals surface area contributed by atoms with Crippen molar-refractivity contribution in [1.29, 1.82) is 0 Å². The van der Waals surface area contributed by atoms with Crippen LogP contribution in [0.5, 0.6) is 0 Å². The second-order valence-electron chi connectivity index (χ2n) is 3.69. The molecule has 1 rings (SSSR count). The number of benzene rings is 1. The van der Waals surface area contributed by atoms with Gasteiger partial charge >= 0.3 is 0 Å². The summed E-state index contributed by atoms with van der Waals surface area (Å²) >= 11 is 0. The van der Waals surface area contributed by atoms with E-state index in [-0.39, 0.29) is 11.6 Å². The van der Waals surface area contributed by atoms with Crippen LogP contribution in [0, 0.1) is 0 Å². The molecule has 0 radical (unpaired) electrons. The highest BCUT2D eigenvalue weighted by molar-refractivity contribution is 6.00. The Bertz CT molecular complexity index is 364. The Morgan fingerprint density at radius 3 is 1.10 bits per heavy atom. The van der Waals surface area contributed by atoms with Crippen LogP contribution in [-0.2, 0) is 0 Å². The lowest BCUT2D eigenvalue weighted by atomic mass is 9.98. The number of hydrogen-bond acceptors (Lipinski definition) is 2. The van der Waals surface area contributed by atoms with E-state index >= 15 is 0 Å². The Morgan fingerprint density at radius 2 is 0.905 bits per heavy atom. The van der Waals surface area contributed by atoms with Crippen molar-refractivity contribution in [2.24, 2.45) is 0 Å². The van der Waals surface area contributed by atoms with Crippen LogP contribution in [-0.4, -0.2) is 11.6 Å². The zero-order valence-electron chi connectivity index (χ0n) is 15.3. The van der Waals surface area contributed by atoms with Crippen LogP contribution < -0.4 is 0 Å². The zero-order chi connectivity index (χ0) is 17.6. The molecule has 0 amide bonds. The monoisotopic (exact) mass is 292 g/mol. The van der Waals surface area contributed by atoms with Gasteiger partial charge in [-0.05, 0) is 44.5 Å². The third-order valence-corrected chi connectivity index (χ3v) is 2.24. The molecule has 2 heteroatoms. The molecular weight excluding hydrogens is 260 g/mol. The van der Waals surface area contributed by atoms with E-state index in [2.05, 4.69) is 6.58 Å². The van der Waals surface area contributed by atoms with Gasteiger partial charge in [-0.25, -0.2) is 0 Å². The summed E-state index contributed by atoms with van der Waals surface area (Å²) < 4.78 is 0. The fourth-order valence-electron chi connectivity index (χ4n) is 1.28. The smallest absolute Gasteiger partial charge is 0.159 e. The van der Waals surface area contributed by atoms with E-state index in [1.54, 1.807) is 18.2 Å². The van der Waals surface area contributed by atoms with Gasteiger partial charge < -0.3 is 0 Å². The van der Waals surface area contributed by atoms with Gasteiger partial charge in [0.1, 0.15) is 0 Å². The van der Waals surface area contributed by atoms with Gasteiger partial charge in [0.2, 0.25) is 0 Å². The first-order valence-corrected chi connectivity index (χ1v) is 7.74. The molecule has 0 atom stereocenters. The summed E-state index contributed by atoms with van der Waals surface area (Å²) in [6, 6.07) is 5.14. The van der Waals surface area contributed by atoms with Crippen molar-refractivity contribution < 1.29 is 9.59 Å². The normalized spacial score (nSPS) is 7.86. The van der Waals surface area contributed by atoms with Crippen LogP contribution >= 0.6 is 0 Å². The maximum Gasteiger partial charge on any atom is 0.159 e. The molecule has 0 aliphatic rings. The van der Waals surface area contributed by atoms with Gasteiger partial charge in [0.15, 0.2) is 11.6 Å². The Morgan fingerprint density at radius 1 is 0.667 bits per heavy atom. The molecule has 0 N–H and O–H groups in total. The largest absolute Gasteiger partial charge is 0.295 e. The summed E-state index contributed by atoms with van der Waals surface area (Å²) in [5, 5.41) is 0. The number of carbonyl (C=O) groups excluding carboxylic acids is 2. The zero-order valence-corrected chi connectivity index (χ0v) is 15.3. The van der Waals surface area contributed by atoms with Gasteiger partial charge in [-0.15, -0.1) is 0 Å². The minimum Gasteiger partial charge on any atom is -0.295 e. The van der Waals surface area contributed by atoms with E-state index in [4.69, 9.17) is 0 Å². The van der Waals surface area contributed by atoms with E-state index < -0.39 is 0 Å². The molecule has 0 saturated carbocycles. The molecule has 0 fully saturated rings. The summed E-state index contributed by atoms with van der Waals surface area (Å²) in [7, 11) is 0. The van der Waals surface area contributed by atoms with Gasteiger partial charge in [0.05, 0.1) is 0 Å². The first-order chi connectivity index (χ1) is 9.91. The average Bonchev–Trinajstić information content (AvgIpc) is 2.52. The molecule has 0 spiro atoms. The highest BCUT2D eigenvalue weighted by Crippen LogP contribution is 2.17. The number of hydrogen-bond donors (Lipinski definition) is 0. The van der Waals surface area contributed by atoms with E-state index in [9.17, 15) is 9.59 Å². The van der Waals surface area contributed by atoms with Crippen LogP contribution in [0.4, 0.5) is 0 Å². The minimum absolute atomic E-state index is 0.0411. The predicted octanol–water partition coefficient (Wildman–Crippen LogP) is 6.20. The van der Waals surface area contributed by atoms with Gasteiger partial charge in [-0.1, -0.05) is 53.7 Å². The lowest BCUT2D eigenvalue weighted by Crippen LogP contribution is -2.00. The van der Waals surface area contributed by atoms with Gasteiger partial charge in [-0.2, -0.15) is 0 Å². The van der Waals surface area contributed by atoms with Crippen molar-refractivity contribution in [3.8, 4) is 0 Å². The number of allylic oxidation sites excluding steroid dienone is 1. The maximum absolute atomic E-state index is 11.3. The average molecular weight is 292 g/mol. The Hall–Kier alpha value is -1.70. The fraction of sp³-hybridized carbons (Fsp3) is 0.474. The fourth-order valence-corrected chi connectivity index (χ4v) is 1.28. The Balaban J connectivity index is -0.000000478. The Kier molecular flexibility index (Phi) is 17.0. The van der Waals surface area contributed by atoms with Crippen molar-refractivity contribution in [2.45, 2.75) is 62.3 Å². The molecule has 0 unspecified atom stereocenters. The van der Waals surface area contributed by atoms with Gasteiger partial charge in [-0.3, -0.25) is 9.59 Å². The van der Waals surface area contributed by atoms with E-state index in [0.29, 0.717) is 11.1 Å². The molecule has 1 aromatic carbocycles. The molecule has 1 aromatic rings. The van der Waals surface area contributed by atoms with Crippen LogP contribution in [0.3, 0.4) is 0 Å². The highest BCUT2D eigenvalue weighted by Gasteiger charge is 2.07. The van der Waals surface area contributed by atoms with Crippen molar-refractivity contribution in [3.63, 3.8) is 0 Å². The molecule has 0 aromatic heterocycles. The standard InChI is InChI=1S/C13H14O2.3C2H6/c1-8(2)11-5-12(9(3)14)7-13(6-11)10(4)15;3*1-2/h5-7H,1H2,2-4H3;3*1-2H3. The molecule has 2 nitrogen and oxygen atoms in total. The number of carbonyl (C=O) groups is 2. The van der Waals surface area contributed by atoms with Crippen molar-refractivity contribution in [3.05, 3.63) is 41.5 Å². The molecule has 0 saturated heterocycles. The summed E-state index contributed by atoms with van der Waals surface area (Å²) in [5.41, 5.74) is 2.80. The summed E-state index contributed by atoms with van der Waals surface area (Å²) in [6.45, 7) is 20.6. The summed E-state index contributed by atoms with van der Waals surface area (Å²) in [4.78, 5) is 22.5. The van der Waals surface area contributed by atoms with E-state index in [1.807, 2.05) is 48.5 Å². The SMILES string of the molecule is C=C(C)c1cc(C(C)=O)cc(C(C)=O)c1.CC.CC.CC. The van der Waals surface area contributed by atoms with Crippen molar-refractivity contribution in [1.82, 2.24) is 0 Å². The molecule has 0 aliphatic heterocycles. The summed E-state index contributed by atoms with van der Waals surface area (Å²) in [5.74, 6) is -0.0822. The number of ketones is 2. The van der Waals surface area contributed by atoms with Crippen LogP contribution in [0.2, 0.25) is 0 Å². The third kappa shape index (κ3) is 9.78. The number of rotatable bonds is 3. The second kappa shape index (κ2) is 14.7. The maximum atomic E-state index is 11.3. The molecule has 0 bridgehead atoms. The first-order valence-electron chi connectivity index (χ1n) is 7.74. The van der Waals surface area contributed by atoms with E-state index in [1.165, 1.54) is 13.8 Å². The predicted molar refractivity (Wildman–Crippen MR) is 95.2 cm³/mol. The van der Waals surface area contributed by atoms with E-state index in [0.717, 1.165) is 11.1 Å². The molecule has 0 heterocycles. The lowest BCUT2D eigenvalue weighted by molar-refractivity contribution is 0.101. The summed E-state index contributed by atoms with van der Waals surface area (Å²) in [6.07, 6.45) is 0.